The van der Waals surface area contributed by atoms with E-state index in [9.17, 15) is 14.0 Å². The smallest absolute Gasteiger partial charge is 0.272 e. The van der Waals surface area contributed by atoms with Gasteiger partial charge in [0.1, 0.15) is 16.5 Å². The van der Waals surface area contributed by atoms with E-state index in [0.29, 0.717) is 5.69 Å². The second kappa shape index (κ2) is 7.00. The highest BCUT2D eigenvalue weighted by molar-refractivity contribution is 6.32. The molecule has 0 saturated carbocycles. The highest BCUT2D eigenvalue weighted by Crippen LogP contribution is 2.22. The van der Waals surface area contributed by atoms with Crippen LogP contribution in [0.2, 0.25) is 5.02 Å². The van der Waals surface area contributed by atoms with E-state index in [0.717, 1.165) is 5.69 Å². The average Bonchev–Trinajstić information content (AvgIpc) is 3.04. The Morgan fingerprint density at radius 3 is 2.30 bits per heavy atom. The fraction of sp³-hybridized carbons (Fsp3) is 0.211. The van der Waals surface area contributed by atoms with Crippen LogP contribution in [0.5, 0.6) is 0 Å². The summed E-state index contributed by atoms with van der Waals surface area (Å²) in [4.78, 5) is 37.0. The summed E-state index contributed by atoms with van der Waals surface area (Å²) in [5.41, 5.74) is 0.0858. The quantitative estimate of drug-likeness (QED) is 0.621. The number of H-pyrrole nitrogens is 3. The van der Waals surface area contributed by atoms with Gasteiger partial charge in [0.15, 0.2) is 0 Å². The molecule has 3 N–H and O–H groups in total. The largest absolute Gasteiger partial charge is 0.348 e. The van der Waals surface area contributed by atoms with E-state index in [1.807, 2.05) is 20.8 Å². The number of aromatic amines is 3. The van der Waals surface area contributed by atoms with E-state index in [1.165, 1.54) is 36.7 Å². The lowest BCUT2D eigenvalue weighted by atomic mass is 9.90. The van der Waals surface area contributed by atoms with Gasteiger partial charge in [0.05, 0.1) is 17.0 Å². The summed E-state index contributed by atoms with van der Waals surface area (Å²) in [5.74, 6) is -0.593. The van der Waals surface area contributed by atoms with Gasteiger partial charge in [-0.05, 0) is 24.3 Å². The summed E-state index contributed by atoms with van der Waals surface area (Å²) in [7, 11) is 0. The first-order chi connectivity index (χ1) is 12.7. The molecule has 0 spiro atoms. The van der Waals surface area contributed by atoms with Crippen molar-refractivity contribution in [3.8, 4) is 0 Å². The molecule has 0 saturated heterocycles. The Morgan fingerprint density at radius 1 is 1.07 bits per heavy atom. The van der Waals surface area contributed by atoms with E-state index in [-0.39, 0.29) is 26.7 Å². The molecular weight excluding hydrogens is 371 g/mol. The van der Waals surface area contributed by atoms with Crippen LogP contribution in [0, 0.1) is 5.82 Å². The van der Waals surface area contributed by atoms with Gasteiger partial charge < -0.3 is 15.0 Å². The van der Waals surface area contributed by atoms with Gasteiger partial charge in [0.2, 0.25) is 0 Å². The minimum absolute atomic E-state index is 0.0272. The van der Waals surface area contributed by atoms with E-state index < -0.39 is 16.9 Å². The molecule has 0 aliphatic carbocycles. The second-order valence-corrected chi connectivity index (χ2v) is 7.48. The molecule has 6 nitrogen and oxygen atoms in total. The fourth-order valence-corrected chi connectivity index (χ4v) is 2.86. The topological polar surface area (TPSA) is 94.4 Å². The molecular formula is C19H18ClFN4O2. The van der Waals surface area contributed by atoms with Gasteiger partial charge in [-0.1, -0.05) is 38.4 Å². The first-order valence-corrected chi connectivity index (χ1v) is 8.58. The highest BCUT2D eigenvalue weighted by Gasteiger charge is 2.19. The van der Waals surface area contributed by atoms with Gasteiger partial charge in [0, 0.05) is 16.7 Å². The van der Waals surface area contributed by atoms with Crippen LogP contribution in [0.3, 0.4) is 0 Å². The summed E-state index contributed by atoms with van der Waals surface area (Å²) in [6.45, 7) is 6.00. The monoisotopic (exact) mass is 388 g/mol. The van der Waals surface area contributed by atoms with E-state index in [2.05, 4.69) is 19.9 Å². The molecule has 1 aromatic carbocycles. The Bertz CT molecular complexity index is 1210. The van der Waals surface area contributed by atoms with Crippen LogP contribution < -0.4 is 21.8 Å². The van der Waals surface area contributed by atoms with Crippen LogP contribution in [-0.4, -0.2) is 19.9 Å². The van der Waals surface area contributed by atoms with Crippen molar-refractivity contribution in [3.05, 3.63) is 83.7 Å². The van der Waals surface area contributed by atoms with Crippen molar-refractivity contribution in [2.45, 2.75) is 26.2 Å². The molecule has 2 heterocycles. The molecule has 0 unspecified atom stereocenters. The number of halogens is 2. The minimum Gasteiger partial charge on any atom is -0.348 e. The highest BCUT2D eigenvalue weighted by atomic mass is 35.5. The SMILES string of the molecule is CC(C)(C)c1[nH]cnc1/C=c1/[nH]c(=O)/c(=C\c2c(F)cccc2Cl)[nH]c1=O. The lowest BCUT2D eigenvalue weighted by Gasteiger charge is -2.16. The predicted octanol–water partition coefficient (Wildman–Crippen LogP) is 1.53. The van der Waals surface area contributed by atoms with Crippen LogP contribution in [0.1, 0.15) is 37.7 Å². The summed E-state index contributed by atoms with van der Waals surface area (Å²) in [6.07, 6.45) is 4.23. The number of imidazole rings is 1. The predicted molar refractivity (Wildman–Crippen MR) is 103 cm³/mol. The number of aromatic nitrogens is 4. The van der Waals surface area contributed by atoms with E-state index >= 15 is 0 Å². The summed E-state index contributed by atoms with van der Waals surface area (Å²) in [6, 6.07) is 4.17. The zero-order valence-electron chi connectivity index (χ0n) is 15.0. The maximum atomic E-state index is 13.9. The molecule has 0 atom stereocenters. The number of benzene rings is 1. The van der Waals surface area contributed by atoms with Crippen molar-refractivity contribution in [1.82, 2.24) is 19.9 Å². The number of nitrogens with zero attached hydrogens (tertiary/aromatic N) is 1. The van der Waals surface area contributed by atoms with Crippen LogP contribution in [0.4, 0.5) is 4.39 Å². The molecule has 0 fully saturated rings. The van der Waals surface area contributed by atoms with E-state index in [1.54, 1.807) is 0 Å². The standard InChI is InChI=1S/C19H18ClFN4O2/c1-19(2,3)16-13(22-9-23-16)8-15-18(27)24-14(17(26)25-15)7-10-11(20)5-4-6-12(10)21/h4-9H,1-3H3,(H,22,23)(H,24,27)(H,25,26)/b14-7+,15-8+. The number of rotatable bonds is 2. The molecule has 0 amide bonds. The number of hydrogen-bond donors (Lipinski definition) is 3. The van der Waals surface area contributed by atoms with Crippen LogP contribution in [-0.2, 0) is 5.41 Å². The molecule has 0 radical (unpaired) electrons. The Morgan fingerprint density at radius 2 is 1.70 bits per heavy atom. The number of hydrogen-bond acceptors (Lipinski definition) is 3. The lowest BCUT2D eigenvalue weighted by molar-refractivity contribution is 0.571. The molecule has 2 aromatic heterocycles. The zero-order chi connectivity index (χ0) is 19.8. The van der Waals surface area contributed by atoms with Crippen molar-refractivity contribution in [3.63, 3.8) is 0 Å². The van der Waals surface area contributed by atoms with Crippen molar-refractivity contribution in [1.29, 1.82) is 0 Å². The third kappa shape index (κ3) is 3.93. The van der Waals surface area contributed by atoms with Gasteiger partial charge in [-0.3, -0.25) is 9.59 Å². The molecule has 8 heteroatoms. The maximum Gasteiger partial charge on any atom is 0.272 e. The van der Waals surface area contributed by atoms with Crippen molar-refractivity contribution >= 4 is 23.8 Å². The maximum absolute atomic E-state index is 13.9. The summed E-state index contributed by atoms with van der Waals surface area (Å²) < 4.78 is 13.9. The Labute approximate surface area is 158 Å². The van der Waals surface area contributed by atoms with Crippen LogP contribution in [0.25, 0.3) is 12.2 Å². The molecule has 3 rings (SSSR count). The van der Waals surface area contributed by atoms with E-state index in [4.69, 9.17) is 11.6 Å². The Kier molecular flexibility index (Phi) is 4.89. The van der Waals surface area contributed by atoms with Crippen LogP contribution in [0.15, 0.2) is 34.1 Å². The van der Waals surface area contributed by atoms with Crippen molar-refractivity contribution < 1.29 is 4.39 Å². The Balaban J connectivity index is 2.18. The molecule has 3 aromatic rings. The summed E-state index contributed by atoms with van der Waals surface area (Å²) >= 11 is 5.96. The third-order valence-electron chi connectivity index (χ3n) is 3.97. The third-order valence-corrected chi connectivity index (χ3v) is 4.30. The first-order valence-electron chi connectivity index (χ1n) is 8.21. The zero-order valence-corrected chi connectivity index (χ0v) is 15.7. The average molecular weight is 389 g/mol. The van der Waals surface area contributed by atoms with Gasteiger partial charge >= 0.3 is 0 Å². The normalized spacial score (nSPS) is 13.4. The number of nitrogens with one attached hydrogen (secondary N) is 3. The first kappa shape index (κ1) is 18.8. The van der Waals surface area contributed by atoms with Gasteiger partial charge in [-0.25, -0.2) is 9.37 Å². The molecule has 27 heavy (non-hydrogen) atoms. The second-order valence-electron chi connectivity index (χ2n) is 7.07. The van der Waals surface area contributed by atoms with Crippen molar-refractivity contribution in [2.24, 2.45) is 0 Å². The van der Waals surface area contributed by atoms with Gasteiger partial charge in [-0.15, -0.1) is 0 Å². The van der Waals surface area contributed by atoms with Crippen molar-refractivity contribution in [2.75, 3.05) is 0 Å². The van der Waals surface area contributed by atoms with Gasteiger partial charge in [0.25, 0.3) is 11.1 Å². The summed E-state index contributed by atoms with van der Waals surface area (Å²) in [5, 5.41) is 0.0915. The molecule has 0 bridgehead atoms. The molecule has 0 aliphatic rings. The van der Waals surface area contributed by atoms with Crippen LogP contribution >= 0.6 is 11.6 Å². The van der Waals surface area contributed by atoms with Gasteiger partial charge in [-0.2, -0.15) is 0 Å². The fourth-order valence-electron chi connectivity index (χ4n) is 2.64. The minimum atomic E-state index is -0.593. The molecule has 0 aliphatic heterocycles. The molecule has 140 valence electrons. The lowest BCUT2D eigenvalue weighted by Crippen LogP contribution is -2.46. The Hall–Kier alpha value is -2.93.